The minimum Gasteiger partial charge on any atom is -0.378 e. The summed E-state index contributed by atoms with van der Waals surface area (Å²) in [5.41, 5.74) is 9.24. The number of aliphatic imine (C=N–C) groups is 1. The molecule has 0 aromatic carbocycles. The third-order valence-corrected chi connectivity index (χ3v) is 5.49. The molecule has 1 fully saturated rings. The highest BCUT2D eigenvalue weighted by atomic mass is 32.2. The number of fused-ring (bicyclic) bond motifs is 1. The van der Waals surface area contributed by atoms with Crippen LogP contribution in [0.4, 0.5) is 17.2 Å². The van der Waals surface area contributed by atoms with Crippen LogP contribution in [-0.4, -0.2) is 25.2 Å². The van der Waals surface area contributed by atoms with E-state index in [4.69, 9.17) is 11.1 Å². The standard InChI is InChI=1S/C20H21N7S.C2H6/c21-19(13-4-1-2-5-13)28-20(22)27-18-8-7-16-17(26-18)10-15(12-24-16)25-14-6-3-9-23-11-14;1-2/h3,6-13,21,25H,1-2,4-5H2,(H2,22,26,27);1-2H3. The van der Waals surface area contributed by atoms with Crippen LogP contribution in [0.3, 0.4) is 0 Å². The van der Waals surface area contributed by atoms with E-state index in [1.807, 2.05) is 38.1 Å². The lowest BCUT2D eigenvalue weighted by Gasteiger charge is -2.09. The highest BCUT2D eigenvalue weighted by Gasteiger charge is 2.20. The summed E-state index contributed by atoms with van der Waals surface area (Å²) < 4.78 is 0. The predicted molar refractivity (Wildman–Crippen MR) is 127 cm³/mol. The lowest BCUT2D eigenvalue weighted by Crippen LogP contribution is -2.14. The van der Waals surface area contributed by atoms with Crippen LogP contribution in [0.2, 0.25) is 0 Å². The SMILES string of the molecule is CC.N=C(SC(N)=Nc1ccc2ncc(Nc3cccnc3)cc2n1)C1CCCC1. The molecule has 1 saturated carbocycles. The zero-order valence-electron chi connectivity index (χ0n) is 17.3. The average Bonchev–Trinajstić information content (AvgIpc) is 3.31. The van der Waals surface area contributed by atoms with E-state index in [-0.39, 0.29) is 0 Å². The lowest BCUT2D eigenvalue weighted by molar-refractivity contribution is 0.736. The number of amidine groups is 1. The molecule has 0 unspecified atom stereocenters. The van der Waals surface area contributed by atoms with Gasteiger partial charge in [0.1, 0.15) is 0 Å². The molecule has 1 aliphatic carbocycles. The van der Waals surface area contributed by atoms with Crippen molar-refractivity contribution in [3.8, 4) is 0 Å². The Balaban J connectivity index is 0.00000124. The van der Waals surface area contributed by atoms with Gasteiger partial charge in [-0.2, -0.15) is 0 Å². The molecule has 3 heterocycles. The van der Waals surface area contributed by atoms with Gasteiger partial charge in [-0.25, -0.2) is 9.98 Å². The zero-order chi connectivity index (χ0) is 21.3. The van der Waals surface area contributed by atoms with E-state index in [0.717, 1.165) is 35.2 Å². The topological polar surface area (TPSA) is 113 Å². The first-order valence-electron chi connectivity index (χ1n) is 10.2. The molecule has 0 amide bonds. The zero-order valence-corrected chi connectivity index (χ0v) is 18.1. The van der Waals surface area contributed by atoms with Crippen LogP contribution in [0.1, 0.15) is 39.5 Å². The van der Waals surface area contributed by atoms with Crippen molar-refractivity contribution in [2.75, 3.05) is 5.32 Å². The first kappa shape index (κ1) is 21.7. The van der Waals surface area contributed by atoms with Gasteiger partial charge in [0.05, 0.1) is 39.8 Å². The van der Waals surface area contributed by atoms with Crippen LogP contribution in [0, 0.1) is 11.3 Å². The van der Waals surface area contributed by atoms with Crippen molar-refractivity contribution in [3.05, 3.63) is 48.9 Å². The molecule has 0 atom stereocenters. The van der Waals surface area contributed by atoms with E-state index in [9.17, 15) is 0 Å². The first-order valence-corrected chi connectivity index (χ1v) is 11.0. The molecule has 0 aliphatic heterocycles. The summed E-state index contributed by atoms with van der Waals surface area (Å²) >= 11 is 1.24. The Morgan fingerprint density at radius 3 is 2.67 bits per heavy atom. The van der Waals surface area contributed by atoms with Crippen LogP contribution in [-0.2, 0) is 0 Å². The fourth-order valence-corrected chi connectivity index (χ4v) is 4.02. The summed E-state index contributed by atoms with van der Waals surface area (Å²) in [5, 5.41) is 12.4. The normalized spacial score (nSPS) is 14.3. The maximum absolute atomic E-state index is 8.21. The quantitative estimate of drug-likeness (QED) is 0.371. The van der Waals surface area contributed by atoms with Crippen LogP contribution in [0.25, 0.3) is 11.0 Å². The molecular formula is C22H27N7S. The lowest BCUT2D eigenvalue weighted by atomic mass is 10.1. The largest absolute Gasteiger partial charge is 0.378 e. The molecule has 3 aromatic rings. The highest BCUT2D eigenvalue weighted by Crippen LogP contribution is 2.30. The molecule has 3 aromatic heterocycles. The third-order valence-electron chi connectivity index (χ3n) is 4.64. The molecule has 0 bridgehead atoms. The van der Waals surface area contributed by atoms with Crippen LogP contribution in [0.5, 0.6) is 0 Å². The van der Waals surface area contributed by atoms with Crippen molar-refractivity contribution < 1.29 is 0 Å². The number of hydrogen-bond acceptors (Lipinski definition) is 7. The van der Waals surface area contributed by atoms with Crippen LogP contribution >= 0.6 is 11.8 Å². The summed E-state index contributed by atoms with van der Waals surface area (Å²) in [6.07, 6.45) is 9.77. The number of aromatic nitrogens is 3. The van der Waals surface area contributed by atoms with Crippen molar-refractivity contribution in [1.29, 1.82) is 5.41 Å². The number of nitrogens with two attached hydrogens (primary N) is 1. The Morgan fingerprint density at radius 1 is 1.13 bits per heavy atom. The molecule has 0 radical (unpaired) electrons. The number of nitrogens with zero attached hydrogens (tertiary/aromatic N) is 4. The molecule has 30 heavy (non-hydrogen) atoms. The van der Waals surface area contributed by atoms with Crippen molar-refractivity contribution in [1.82, 2.24) is 15.0 Å². The van der Waals surface area contributed by atoms with Gasteiger partial charge in [-0.1, -0.05) is 26.7 Å². The second-order valence-electron chi connectivity index (χ2n) is 6.70. The monoisotopic (exact) mass is 421 g/mol. The van der Waals surface area contributed by atoms with Gasteiger partial charge >= 0.3 is 0 Å². The number of anilines is 2. The van der Waals surface area contributed by atoms with Gasteiger partial charge in [0.25, 0.3) is 0 Å². The van der Waals surface area contributed by atoms with Gasteiger partial charge in [0, 0.05) is 12.1 Å². The Morgan fingerprint density at radius 2 is 1.93 bits per heavy atom. The van der Waals surface area contributed by atoms with Gasteiger partial charge in [0.2, 0.25) is 0 Å². The second-order valence-corrected chi connectivity index (χ2v) is 7.76. The average molecular weight is 422 g/mol. The number of pyridine rings is 3. The van der Waals surface area contributed by atoms with Crippen molar-refractivity contribution in [2.24, 2.45) is 16.6 Å². The van der Waals surface area contributed by atoms with Crippen molar-refractivity contribution >= 4 is 50.2 Å². The molecule has 0 spiro atoms. The first-order chi connectivity index (χ1) is 14.7. The van der Waals surface area contributed by atoms with E-state index < -0.39 is 0 Å². The Kier molecular flexibility index (Phi) is 7.73. The Hall–Kier alpha value is -3.00. The minimum absolute atomic E-state index is 0.327. The van der Waals surface area contributed by atoms with Crippen LogP contribution in [0.15, 0.2) is 53.9 Å². The van der Waals surface area contributed by atoms with Gasteiger partial charge in [-0.05, 0) is 54.9 Å². The Labute approximate surface area is 181 Å². The van der Waals surface area contributed by atoms with E-state index in [1.54, 1.807) is 24.7 Å². The van der Waals surface area contributed by atoms with Gasteiger partial charge < -0.3 is 11.1 Å². The molecule has 1 aliphatic rings. The summed E-state index contributed by atoms with van der Waals surface area (Å²) in [7, 11) is 0. The smallest absolute Gasteiger partial charge is 0.166 e. The van der Waals surface area contributed by atoms with Gasteiger partial charge in [-0.3, -0.25) is 15.4 Å². The van der Waals surface area contributed by atoms with E-state index in [1.165, 1.54) is 24.6 Å². The third kappa shape index (κ3) is 5.76. The molecule has 4 N–H and O–H groups in total. The van der Waals surface area contributed by atoms with Crippen LogP contribution < -0.4 is 11.1 Å². The maximum atomic E-state index is 8.21. The molecule has 8 heteroatoms. The van der Waals surface area contributed by atoms with E-state index in [0.29, 0.717) is 21.9 Å². The van der Waals surface area contributed by atoms with Crippen molar-refractivity contribution in [2.45, 2.75) is 39.5 Å². The second kappa shape index (κ2) is 10.7. The van der Waals surface area contributed by atoms with Gasteiger partial charge in [-0.15, -0.1) is 0 Å². The van der Waals surface area contributed by atoms with E-state index in [2.05, 4.69) is 25.3 Å². The van der Waals surface area contributed by atoms with Crippen molar-refractivity contribution in [3.63, 3.8) is 0 Å². The fraction of sp³-hybridized carbons (Fsp3) is 0.318. The Bertz CT molecular complexity index is 1010. The summed E-state index contributed by atoms with van der Waals surface area (Å²) in [6.45, 7) is 4.00. The minimum atomic E-state index is 0.327. The van der Waals surface area contributed by atoms with E-state index >= 15 is 0 Å². The number of hydrogen-bond donors (Lipinski definition) is 3. The molecule has 4 rings (SSSR count). The molecule has 0 saturated heterocycles. The highest BCUT2D eigenvalue weighted by molar-refractivity contribution is 8.26. The predicted octanol–water partition coefficient (Wildman–Crippen LogP) is 5.64. The molecule has 156 valence electrons. The summed E-state index contributed by atoms with van der Waals surface area (Å²) in [5.74, 6) is 0.839. The maximum Gasteiger partial charge on any atom is 0.166 e. The number of rotatable bonds is 4. The summed E-state index contributed by atoms with van der Waals surface area (Å²) in [4.78, 5) is 17.5. The summed E-state index contributed by atoms with van der Waals surface area (Å²) in [6, 6.07) is 9.37. The van der Waals surface area contributed by atoms with Gasteiger partial charge in [0.15, 0.2) is 11.0 Å². The molecular weight excluding hydrogens is 394 g/mol. The number of nitrogens with one attached hydrogen (secondary N) is 2. The molecule has 7 nitrogen and oxygen atoms in total. The fourth-order valence-electron chi connectivity index (χ4n) is 3.25. The number of thioether (sulfide) groups is 1.